The zero-order valence-corrected chi connectivity index (χ0v) is 12.8. The third-order valence-electron chi connectivity index (χ3n) is 3.69. The zero-order chi connectivity index (χ0) is 15.6. The van der Waals surface area contributed by atoms with Crippen molar-refractivity contribution in [2.75, 3.05) is 13.2 Å². The molecule has 0 aliphatic carbocycles. The van der Waals surface area contributed by atoms with Gasteiger partial charge in [0.15, 0.2) is 0 Å². The van der Waals surface area contributed by atoms with Gasteiger partial charge in [0.25, 0.3) is 0 Å². The van der Waals surface area contributed by atoms with E-state index in [2.05, 4.69) is 16.7 Å². The molecule has 2 rings (SSSR count). The topological polar surface area (TPSA) is 74.2 Å². The number of nitrogens with one attached hydrogen (secondary N) is 2. The van der Waals surface area contributed by atoms with Crippen molar-refractivity contribution >= 4 is 5.91 Å². The van der Waals surface area contributed by atoms with Gasteiger partial charge in [-0.3, -0.25) is 4.79 Å². The van der Waals surface area contributed by atoms with E-state index in [0.29, 0.717) is 19.6 Å². The van der Waals surface area contributed by atoms with Gasteiger partial charge in [-0.15, -0.1) is 0 Å². The number of carbonyl (C=O) groups excluding carboxylic acids is 1. The van der Waals surface area contributed by atoms with E-state index in [0.717, 1.165) is 43.5 Å². The Morgan fingerprint density at radius 3 is 3.18 bits per heavy atom. The summed E-state index contributed by atoms with van der Waals surface area (Å²) in [5.74, 6) is 0.906. The van der Waals surface area contributed by atoms with Crippen molar-refractivity contribution in [2.24, 2.45) is 0 Å². The Labute approximate surface area is 131 Å². The normalized spacial score (nSPS) is 18.1. The summed E-state index contributed by atoms with van der Waals surface area (Å²) in [6.45, 7) is 1.98. The van der Waals surface area contributed by atoms with Crippen molar-refractivity contribution in [3.05, 3.63) is 29.8 Å². The number of ether oxygens (including phenoxy) is 1. The fourth-order valence-corrected chi connectivity index (χ4v) is 2.46. The summed E-state index contributed by atoms with van der Waals surface area (Å²) in [6, 6.07) is 9.85. The lowest BCUT2D eigenvalue weighted by Gasteiger charge is -2.15. The fourth-order valence-electron chi connectivity index (χ4n) is 2.46. The number of benzene rings is 1. The van der Waals surface area contributed by atoms with E-state index in [9.17, 15) is 4.79 Å². The van der Waals surface area contributed by atoms with Crippen LogP contribution in [0, 0.1) is 11.3 Å². The van der Waals surface area contributed by atoms with Crippen molar-refractivity contribution < 1.29 is 9.53 Å². The first-order valence-corrected chi connectivity index (χ1v) is 7.89. The molecule has 5 heteroatoms. The monoisotopic (exact) mass is 301 g/mol. The van der Waals surface area contributed by atoms with Gasteiger partial charge in [0.1, 0.15) is 5.75 Å². The summed E-state index contributed by atoms with van der Waals surface area (Å²) in [5.41, 5.74) is 1.09. The second-order valence-electron chi connectivity index (χ2n) is 5.48. The molecule has 0 saturated carbocycles. The van der Waals surface area contributed by atoms with Crippen LogP contribution in [0.4, 0.5) is 0 Å². The van der Waals surface area contributed by atoms with Crippen LogP contribution in [-0.4, -0.2) is 25.1 Å². The minimum absolute atomic E-state index is 0.0985. The fraction of sp³-hybridized carbons (Fsp3) is 0.529. The van der Waals surface area contributed by atoms with Gasteiger partial charge in [-0.05, 0) is 43.4 Å². The molecule has 1 aliphatic rings. The number of amides is 1. The summed E-state index contributed by atoms with van der Waals surface area (Å²) in [7, 11) is 0. The number of carbonyl (C=O) groups is 1. The van der Waals surface area contributed by atoms with E-state index in [-0.39, 0.29) is 11.9 Å². The summed E-state index contributed by atoms with van der Waals surface area (Å²) in [5, 5.41) is 14.7. The molecule has 1 atom stereocenters. The van der Waals surface area contributed by atoms with Crippen LogP contribution in [0.15, 0.2) is 24.3 Å². The van der Waals surface area contributed by atoms with Gasteiger partial charge >= 0.3 is 0 Å². The lowest BCUT2D eigenvalue weighted by Crippen LogP contribution is -2.42. The maximum atomic E-state index is 11.9. The summed E-state index contributed by atoms with van der Waals surface area (Å²) in [6.07, 6.45) is 4.25. The van der Waals surface area contributed by atoms with Crippen LogP contribution in [0.2, 0.25) is 0 Å². The first kappa shape index (κ1) is 16.3. The van der Waals surface area contributed by atoms with Crippen LogP contribution in [0.5, 0.6) is 5.75 Å². The van der Waals surface area contributed by atoms with Crippen LogP contribution in [0.25, 0.3) is 0 Å². The van der Waals surface area contributed by atoms with Gasteiger partial charge in [-0.25, -0.2) is 0 Å². The molecule has 0 spiro atoms. The highest BCUT2D eigenvalue weighted by molar-refractivity contribution is 5.81. The van der Waals surface area contributed by atoms with Crippen molar-refractivity contribution in [3.8, 4) is 11.8 Å². The number of unbranched alkanes of at least 4 members (excludes halogenated alkanes) is 1. The Bertz CT molecular complexity index is 525. The lowest BCUT2D eigenvalue weighted by atomic mass is 10.1. The highest BCUT2D eigenvalue weighted by Gasteiger charge is 2.19. The van der Waals surface area contributed by atoms with Crippen molar-refractivity contribution in [2.45, 2.75) is 44.7 Å². The largest absolute Gasteiger partial charge is 0.494 e. The van der Waals surface area contributed by atoms with Gasteiger partial charge in [-0.2, -0.15) is 5.26 Å². The molecule has 1 fully saturated rings. The van der Waals surface area contributed by atoms with E-state index >= 15 is 0 Å². The molecule has 1 saturated heterocycles. The Hall–Kier alpha value is -2.06. The number of nitrogens with zero attached hydrogens (tertiary/aromatic N) is 1. The highest BCUT2D eigenvalue weighted by atomic mass is 16.5. The summed E-state index contributed by atoms with van der Waals surface area (Å²) >= 11 is 0. The molecule has 1 aliphatic heterocycles. The molecule has 2 N–H and O–H groups in total. The predicted octanol–water partition coefficient (Wildman–Crippen LogP) is 2.13. The smallest absolute Gasteiger partial charge is 0.237 e. The molecule has 0 bridgehead atoms. The molecule has 118 valence electrons. The molecule has 22 heavy (non-hydrogen) atoms. The van der Waals surface area contributed by atoms with E-state index in [1.807, 2.05) is 24.3 Å². The number of nitriles is 1. The predicted molar refractivity (Wildman–Crippen MR) is 84.3 cm³/mol. The first-order valence-electron chi connectivity index (χ1n) is 7.89. The Morgan fingerprint density at radius 1 is 1.41 bits per heavy atom. The third-order valence-corrected chi connectivity index (χ3v) is 3.69. The molecule has 1 amide bonds. The standard InChI is InChI=1S/C17H23N3O2/c18-9-2-4-11-22-15-7-5-6-14(12-15)13-20-16-8-1-3-10-19-17(16)21/h5-7,12,16,20H,1-4,8,10-11,13H2,(H,19,21). The molecule has 5 nitrogen and oxygen atoms in total. The maximum Gasteiger partial charge on any atom is 0.237 e. The minimum atomic E-state index is -0.109. The zero-order valence-electron chi connectivity index (χ0n) is 12.8. The minimum Gasteiger partial charge on any atom is -0.494 e. The first-order chi connectivity index (χ1) is 10.8. The lowest BCUT2D eigenvalue weighted by molar-refractivity contribution is -0.122. The van der Waals surface area contributed by atoms with E-state index in [1.165, 1.54) is 0 Å². The molecule has 0 radical (unpaired) electrons. The van der Waals surface area contributed by atoms with E-state index in [4.69, 9.17) is 10.00 Å². The SMILES string of the molecule is N#CCCCOc1cccc(CNC2CCCCNC2=O)c1. The second kappa shape index (κ2) is 9.06. The van der Waals surface area contributed by atoms with Crippen molar-refractivity contribution in [1.82, 2.24) is 10.6 Å². The van der Waals surface area contributed by atoms with Crippen LogP contribution >= 0.6 is 0 Å². The number of hydrogen-bond acceptors (Lipinski definition) is 4. The van der Waals surface area contributed by atoms with Gasteiger partial charge in [-0.1, -0.05) is 12.1 Å². The Morgan fingerprint density at radius 2 is 2.32 bits per heavy atom. The second-order valence-corrected chi connectivity index (χ2v) is 5.48. The van der Waals surface area contributed by atoms with Crippen LogP contribution < -0.4 is 15.4 Å². The van der Waals surface area contributed by atoms with Crippen LogP contribution in [-0.2, 0) is 11.3 Å². The molecular formula is C17H23N3O2. The average molecular weight is 301 g/mol. The highest BCUT2D eigenvalue weighted by Crippen LogP contribution is 2.14. The summed E-state index contributed by atoms with van der Waals surface area (Å²) < 4.78 is 5.62. The average Bonchev–Trinajstić information content (AvgIpc) is 2.74. The van der Waals surface area contributed by atoms with Crippen molar-refractivity contribution in [1.29, 1.82) is 5.26 Å². The molecule has 1 heterocycles. The van der Waals surface area contributed by atoms with Gasteiger partial charge in [0, 0.05) is 19.5 Å². The number of hydrogen-bond donors (Lipinski definition) is 2. The molecular weight excluding hydrogens is 278 g/mol. The molecule has 0 aromatic heterocycles. The third kappa shape index (κ3) is 5.38. The molecule has 1 unspecified atom stereocenters. The molecule has 1 aromatic rings. The van der Waals surface area contributed by atoms with Crippen molar-refractivity contribution in [3.63, 3.8) is 0 Å². The Kier molecular flexibility index (Phi) is 6.72. The Balaban J connectivity index is 1.82. The summed E-state index contributed by atoms with van der Waals surface area (Å²) in [4.78, 5) is 11.9. The van der Waals surface area contributed by atoms with E-state index in [1.54, 1.807) is 0 Å². The number of rotatable bonds is 7. The van der Waals surface area contributed by atoms with E-state index < -0.39 is 0 Å². The van der Waals surface area contributed by atoms with Gasteiger partial charge in [0.05, 0.1) is 18.7 Å². The quantitative estimate of drug-likeness (QED) is 0.757. The molecule has 1 aromatic carbocycles. The maximum absolute atomic E-state index is 11.9. The van der Waals surface area contributed by atoms with Gasteiger partial charge < -0.3 is 15.4 Å². The van der Waals surface area contributed by atoms with Crippen LogP contribution in [0.3, 0.4) is 0 Å². The van der Waals surface area contributed by atoms with Crippen LogP contribution in [0.1, 0.15) is 37.7 Å². The van der Waals surface area contributed by atoms with Gasteiger partial charge in [0.2, 0.25) is 5.91 Å².